The van der Waals surface area contributed by atoms with Gasteiger partial charge in [0.05, 0.1) is 19.0 Å². The average molecular weight is 780 g/mol. The van der Waals surface area contributed by atoms with Crippen LogP contribution < -0.4 is 10.6 Å². The molecule has 0 aliphatic heterocycles. The first-order valence-corrected chi connectivity index (χ1v) is 18.1. The van der Waals surface area contributed by atoms with Gasteiger partial charge < -0.3 is 30.9 Å². The fourth-order valence-electron chi connectivity index (χ4n) is 6.32. The Bertz CT molecular complexity index is 1940. The van der Waals surface area contributed by atoms with E-state index in [0.717, 1.165) is 10.9 Å². The highest BCUT2D eigenvalue weighted by atomic mass is 19.1. The van der Waals surface area contributed by atoms with Crippen LogP contribution in [0.1, 0.15) is 75.8 Å². The van der Waals surface area contributed by atoms with Crippen molar-refractivity contribution in [1.29, 1.82) is 0 Å². The molecule has 0 fully saturated rings. The molecule has 2 amide bonds. The number of fused-ring (bicyclic) bond motifs is 1. The molecule has 300 valence electrons. The van der Waals surface area contributed by atoms with Crippen LogP contribution in [0.2, 0.25) is 0 Å². The number of carbonyl (C=O) groups excluding carboxylic acids is 6. The molecule has 2 aromatic carbocycles. The van der Waals surface area contributed by atoms with E-state index in [4.69, 9.17) is 10.2 Å². The molecule has 0 saturated carbocycles. The first-order chi connectivity index (χ1) is 26.5. The van der Waals surface area contributed by atoms with Crippen LogP contribution >= 0.6 is 0 Å². The average Bonchev–Trinajstić information content (AvgIpc) is 3.54. The van der Waals surface area contributed by atoms with Gasteiger partial charge in [0.1, 0.15) is 17.4 Å². The Morgan fingerprint density at radius 1 is 0.696 bits per heavy atom. The summed E-state index contributed by atoms with van der Waals surface area (Å²) in [5.41, 5.74) is 1.76. The number of H-pyrrole nitrogens is 1. The van der Waals surface area contributed by atoms with Crippen molar-refractivity contribution in [3.8, 4) is 0 Å². The topological polar surface area (TPSA) is 254 Å². The van der Waals surface area contributed by atoms with Crippen LogP contribution in [0.4, 0.5) is 4.39 Å². The van der Waals surface area contributed by atoms with Crippen molar-refractivity contribution in [2.24, 2.45) is 17.8 Å². The summed E-state index contributed by atoms with van der Waals surface area (Å²) in [5.74, 6) is -11.3. The zero-order valence-electron chi connectivity index (χ0n) is 30.9. The van der Waals surface area contributed by atoms with E-state index in [0.29, 0.717) is 11.1 Å². The number of aromatic amines is 1. The number of hydrogen-bond acceptors (Lipinski definition) is 9. The number of nitrogens with one attached hydrogen (secondary N) is 3. The van der Waals surface area contributed by atoms with Crippen LogP contribution in [0.15, 0.2) is 54.7 Å². The Balaban J connectivity index is 1.84. The highest BCUT2D eigenvalue weighted by Gasteiger charge is 2.31. The summed E-state index contributed by atoms with van der Waals surface area (Å²) in [6.45, 7) is 0.623. The number of carbonyl (C=O) groups is 9. The number of carboxylic acids is 3. The number of halogens is 1. The molecule has 3 rings (SSSR count). The molecule has 0 aliphatic rings. The predicted molar refractivity (Wildman–Crippen MR) is 198 cm³/mol. The zero-order chi connectivity index (χ0) is 41.4. The van der Waals surface area contributed by atoms with Crippen molar-refractivity contribution < 1.29 is 62.9 Å². The van der Waals surface area contributed by atoms with E-state index in [9.17, 15) is 52.6 Å². The Kier molecular flexibility index (Phi) is 17.2. The van der Waals surface area contributed by atoms with Crippen LogP contribution in [-0.4, -0.2) is 85.7 Å². The number of ketones is 4. The standard InChI is InChI=1S/C40H46FN3O12/c1-23(45)25(9-12-36(49)50)20-35(48)34(19-28-21-42-33-8-3-2-7-32(28)33)44-40(56)27(15-24-5-4-6-29(41)16-24)18-31(47)22-43-39(55)26(10-13-37(51)52)17-30(46)11-14-38(53)54/h2-8,16,21,25-27,34,42H,9-15,17-20,22H2,1H3,(H,43,55)(H,44,56)(H,49,50)(H,51,52)(H,53,54)/t25-,26-,27-,34+/m1/s1. The molecular weight excluding hydrogens is 733 g/mol. The lowest BCUT2D eigenvalue weighted by Crippen LogP contribution is -2.47. The molecule has 1 heterocycles. The number of rotatable bonds is 26. The van der Waals surface area contributed by atoms with Gasteiger partial charge in [-0.05, 0) is 55.5 Å². The summed E-state index contributed by atoms with van der Waals surface area (Å²) >= 11 is 0. The fraction of sp³-hybridized carbons (Fsp3) is 0.425. The Morgan fingerprint density at radius 3 is 1.98 bits per heavy atom. The van der Waals surface area contributed by atoms with Crippen molar-refractivity contribution in [3.05, 3.63) is 71.7 Å². The highest BCUT2D eigenvalue weighted by Crippen LogP contribution is 2.23. The van der Waals surface area contributed by atoms with Crippen LogP contribution in [0.3, 0.4) is 0 Å². The van der Waals surface area contributed by atoms with Gasteiger partial charge in [-0.1, -0.05) is 30.3 Å². The Hall–Kier alpha value is -6.06. The van der Waals surface area contributed by atoms with Gasteiger partial charge in [0.25, 0.3) is 0 Å². The minimum atomic E-state index is -1.23. The van der Waals surface area contributed by atoms with Crippen LogP contribution in [0.5, 0.6) is 0 Å². The summed E-state index contributed by atoms with van der Waals surface area (Å²) < 4.78 is 14.2. The molecule has 0 aliphatic carbocycles. The summed E-state index contributed by atoms with van der Waals surface area (Å²) in [6, 6.07) is 11.3. The summed E-state index contributed by atoms with van der Waals surface area (Å²) in [5, 5.41) is 33.0. The van der Waals surface area contributed by atoms with Gasteiger partial charge in [0.2, 0.25) is 11.8 Å². The smallest absolute Gasteiger partial charge is 0.303 e. The first-order valence-electron chi connectivity index (χ1n) is 18.1. The van der Waals surface area contributed by atoms with Crippen molar-refractivity contribution in [1.82, 2.24) is 15.6 Å². The molecule has 0 unspecified atom stereocenters. The van der Waals surface area contributed by atoms with Gasteiger partial charge >= 0.3 is 17.9 Å². The van der Waals surface area contributed by atoms with Crippen molar-refractivity contribution in [3.63, 3.8) is 0 Å². The molecule has 0 bridgehead atoms. The second-order valence-electron chi connectivity index (χ2n) is 13.8. The Morgan fingerprint density at radius 2 is 1.34 bits per heavy atom. The van der Waals surface area contributed by atoms with E-state index in [1.54, 1.807) is 18.3 Å². The van der Waals surface area contributed by atoms with Gasteiger partial charge in [0.15, 0.2) is 11.6 Å². The quantitative estimate of drug-likeness (QED) is 0.0684. The van der Waals surface area contributed by atoms with E-state index < -0.39 is 115 Å². The molecular formula is C40H46FN3O12. The monoisotopic (exact) mass is 779 g/mol. The molecule has 4 atom stereocenters. The SMILES string of the molecule is CC(=O)[C@H](CCC(=O)O)CC(=O)[C@H](Cc1c[nH]c2ccccc12)NC(=O)[C@@H](CC(=O)CNC(=O)[C@H](CCC(=O)O)CC(=O)CCC(=O)O)Cc1cccc(F)c1. The molecule has 3 aromatic rings. The number of aliphatic carboxylic acids is 3. The third-order valence-corrected chi connectivity index (χ3v) is 9.38. The van der Waals surface area contributed by atoms with Gasteiger partial charge in [-0.25, -0.2) is 4.39 Å². The molecule has 1 aromatic heterocycles. The maximum Gasteiger partial charge on any atom is 0.303 e. The summed E-state index contributed by atoms with van der Waals surface area (Å²) in [7, 11) is 0. The van der Waals surface area contributed by atoms with Crippen LogP contribution in [0, 0.1) is 23.6 Å². The molecule has 15 nitrogen and oxygen atoms in total. The third kappa shape index (κ3) is 15.0. The molecule has 56 heavy (non-hydrogen) atoms. The van der Waals surface area contributed by atoms with Gasteiger partial charge in [-0.3, -0.25) is 43.2 Å². The highest BCUT2D eigenvalue weighted by molar-refractivity contribution is 5.96. The van der Waals surface area contributed by atoms with E-state index in [2.05, 4.69) is 15.6 Å². The number of hydrogen-bond donors (Lipinski definition) is 6. The normalized spacial score (nSPS) is 13.2. The molecule has 0 radical (unpaired) electrons. The van der Waals surface area contributed by atoms with Gasteiger partial charge in [-0.2, -0.15) is 0 Å². The number of benzene rings is 2. The number of aromatic nitrogens is 1. The molecule has 0 spiro atoms. The minimum absolute atomic E-state index is 0.0300. The lowest BCUT2D eigenvalue weighted by molar-refractivity contribution is -0.139. The first kappa shape index (κ1) is 44.3. The third-order valence-electron chi connectivity index (χ3n) is 9.38. The summed E-state index contributed by atoms with van der Waals surface area (Å²) in [6.07, 6.45) is -1.86. The molecule has 0 saturated heterocycles. The van der Waals surface area contributed by atoms with Crippen molar-refractivity contribution >= 4 is 63.8 Å². The maximum atomic E-state index is 14.2. The Labute approximate surface area is 321 Å². The number of Topliss-reactive ketones (excluding diaryl/α,β-unsaturated/α-hetero) is 4. The van der Waals surface area contributed by atoms with Crippen molar-refractivity contribution in [2.75, 3.05) is 6.54 Å². The van der Waals surface area contributed by atoms with Crippen molar-refractivity contribution in [2.45, 2.75) is 83.6 Å². The largest absolute Gasteiger partial charge is 0.481 e. The number of carboxylic acid groups (broad SMARTS) is 3. The van der Waals surface area contributed by atoms with E-state index in [-0.39, 0.29) is 44.9 Å². The van der Waals surface area contributed by atoms with Crippen LogP contribution in [0.25, 0.3) is 10.9 Å². The van der Waals surface area contributed by atoms with E-state index in [1.165, 1.54) is 25.1 Å². The number of para-hydroxylation sites is 1. The summed E-state index contributed by atoms with van der Waals surface area (Å²) in [4.78, 5) is 115. The van der Waals surface area contributed by atoms with Gasteiger partial charge in [-0.15, -0.1) is 0 Å². The minimum Gasteiger partial charge on any atom is -0.481 e. The fourth-order valence-corrected chi connectivity index (χ4v) is 6.32. The zero-order valence-corrected chi connectivity index (χ0v) is 30.9. The molecule has 16 heteroatoms. The lowest BCUT2D eigenvalue weighted by atomic mass is 9.88. The molecule has 6 N–H and O–H groups in total. The van der Waals surface area contributed by atoms with E-state index >= 15 is 0 Å². The second-order valence-corrected chi connectivity index (χ2v) is 13.8. The lowest BCUT2D eigenvalue weighted by Gasteiger charge is -2.24. The second kappa shape index (κ2) is 21.7. The maximum absolute atomic E-state index is 14.2. The number of amides is 2. The van der Waals surface area contributed by atoms with Crippen LogP contribution in [-0.2, 0) is 56.0 Å². The van der Waals surface area contributed by atoms with E-state index in [1.807, 2.05) is 18.2 Å². The predicted octanol–water partition coefficient (Wildman–Crippen LogP) is 3.60. The van der Waals surface area contributed by atoms with Gasteiger partial charge in [0, 0.05) is 79.8 Å².